The summed E-state index contributed by atoms with van der Waals surface area (Å²) >= 11 is 18.2. The fraction of sp³-hybridized carbons (Fsp3) is 0.0870. The minimum absolute atomic E-state index is 0.0548. The molecule has 5 rings (SSSR count). The van der Waals surface area contributed by atoms with E-state index in [0.29, 0.717) is 36.1 Å². The first-order valence-corrected chi connectivity index (χ1v) is 13.7. The van der Waals surface area contributed by atoms with Gasteiger partial charge in [-0.1, -0.05) is 69.6 Å². The highest BCUT2D eigenvalue weighted by atomic mass is 79.9. The van der Waals surface area contributed by atoms with E-state index in [9.17, 15) is 9.90 Å². The molecule has 0 amide bonds. The molecular formula is C23H15Br3ClN4O2S+. The van der Waals surface area contributed by atoms with Crippen molar-refractivity contribution in [3.63, 3.8) is 0 Å². The summed E-state index contributed by atoms with van der Waals surface area (Å²) in [4.78, 5) is 16.2. The molecule has 0 radical (unpaired) electrons. The summed E-state index contributed by atoms with van der Waals surface area (Å²) in [6.45, 7) is 0. The molecule has 0 fully saturated rings. The number of phenols is 1. The molecule has 34 heavy (non-hydrogen) atoms. The van der Waals surface area contributed by atoms with Gasteiger partial charge in [-0.25, -0.2) is 0 Å². The van der Waals surface area contributed by atoms with Gasteiger partial charge < -0.3 is 10.4 Å². The van der Waals surface area contributed by atoms with E-state index < -0.39 is 6.17 Å². The van der Waals surface area contributed by atoms with Crippen molar-refractivity contribution in [2.75, 3.05) is 5.32 Å². The lowest BCUT2D eigenvalue weighted by Gasteiger charge is -2.24. The van der Waals surface area contributed by atoms with Gasteiger partial charge in [0.05, 0.1) is 25.8 Å². The Morgan fingerprint density at radius 1 is 1.09 bits per heavy atom. The molecule has 3 aromatic carbocycles. The van der Waals surface area contributed by atoms with Crippen molar-refractivity contribution in [2.45, 2.75) is 17.1 Å². The van der Waals surface area contributed by atoms with Crippen LogP contribution in [0.25, 0.3) is 11.3 Å². The number of aromatic amines is 1. The van der Waals surface area contributed by atoms with E-state index in [1.807, 2.05) is 48.5 Å². The number of rotatable bonds is 4. The standard InChI is InChI=1S/C23H14Br3ClN4O2S/c24-13-9-14(25)20(32)18(26)17(13)21-28-16-8-4-2-6-12(16)19-22(33)29-23(30-31(19)21)34-10-11-5-1-3-7-15(11)27/h1-9,21H,10H2,(H2,29,30,32,33)/p+1/t21-/m0/s1. The Hall–Kier alpha value is -1.85. The third kappa shape index (κ3) is 4.30. The third-order valence-electron chi connectivity index (χ3n) is 5.36. The van der Waals surface area contributed by atoms with Crippen LogP contribution >= 0.6 is 71.2 Å². The largest absolute Gasteiger partial charge is 0.506 e. The summed E-state index contributed by atoms with van der Waals surface area (Å²) in [6, 6.07) is 16.9. The normalized spacial score (nSPS) is 14.3. The van der Waals surface area contributed by atoms with Crippen molar-refractivity contribution in [1.82, 2.24) is 10.1 Å². The SMILES string of the molecule is O=c1[nH]c(SCc2ccccc2Cl)n[n+]2c1-c1ccccc1N[C@@H]2c1c(Br)cc(Br)c(O)c1Br. The number of aromatic nitrogens is 3. The van der Waals surface area contributed by atoms with Crippen molar-refractivity contribution >= 4 is 76.8 Å². The number of hydrogen-bond donors (Lipinski definition) is 3. The van der Waals surface area contributed by atoms with Gasteiger partial charge in [-0.3, -0.25) is 9.78 Å². The highest BCUT2D eigenvalue weighted by Gasteiger charge is 2.40. The van der Waals surface area contributed by atoms with Gasteiger partial charge in [-0.05, 0) is 66.4 Å². The first-order valence-electron chi connectivity index (χ1n) is 9.99. The van der Waals surface area contributed by atoms with Gasteiger partial charge in [-0.2, -0.15) is 0 Å². The minimum Gasteiger partial charge on any atom is -0.506 e. The Kier molecular flexibility index (Phi) is 6.78. The summed E-state index contributed by atoms with van der Waals surface area (Å²) in [6.07, 6.45) is -0.574. The van der Waals surface area contributed by atoms with E-state index in [4.69, 9.17) is 16.7 Å². The topological polar surface area (TPSA) is 81.9 Å². The molecule has 1 atom stereocenters. The molecule has 1 aromatic heterocycles. The summed E-state index contributed by atoms with van der Waals surface area (Å²) < 4.78 is 3.41. The number of hydrogen-bond acceptors (Lipinski definition) is 5. The van der Waals surface area contributed by atoms with Gasteiger partial charge in [0.2, 0.25) is 5.16 Å². The van der Waals surface area contributed by atoms with Gasteiger partial charge in [0, 0.05) is 20.3 Å². The van der Waals surface area contributed by atoms with Gasteiger partial charge in [-0.15, -0.1) is 0 Å². The lowest BCUT2D eigenvalue weighted by molar-refractivity contribution is -0.759. The summed E-state index contributed by atoms with van der Waals surface area (Å²) in [5.41, 5.74) is 3.33. The Labute approximate surface area is 229 Å². The number of phenolic OH excluding ortho intramolecular Hbond substituents is 1. The molecule has 3 N–H and O–H groups in total. The van der Waals surface area contributed by atoms with Crippen LogP contribution in [0.3, 0.4) is 0 Å². The molecule has 0 aliphatic carbocycles. The smallest absolute Gasteiger partial charge is 0.325 e. The van der Waals surface area contributed by atoms with Crippen LogP contribution in [0.2, 0.25) is 5.02 Å². The maximum atomic E-state index is 13.3. The van der Waals surface area contributed by atoms with Crippen molar-refractivity contribution in [2.24, 2.45) is 0 Å². The lowest BCUT2D eigenvalue weighted by Crippen LogP contribution is -2.55. The van der Waals surface area contributed by atoms with Crippen LogP contribution in [0.4, 0.5) is 5.69 Å². The van der Waals surface area contributed by atoms with E-state index in [-0.39, 0.29) is 11.3 Å². The van der Waals surface area contributed by atoms with Gasteiger partial charge in [0.1, 0.15) is 5.75 Å². The number of H-pyrrole nitrogens is 1. The molecule has 6 nitrogen and oxygen atoms in total. The van der Waals surface area contributed by atoms with E-state index in [2.05, 4.69) is 58.1 Å². The molecule has 2 heterocycles. The maximum Gasteiger partial charge on any atom is 0.325 e. The third-order valence-corrected chi connectivity index (χ3v) is 8.70. The monoisotopic (exact) mass is 683 g/mol. The second-order valence-corrected chi connectivity index (χ2v) is 11.3. The van der Waals surface area contributed by atoms with Crippen LogP contribution in [-0.4, -0.2) is 15.2 Å². The van der Waals surface area contributed by atoms with Crippen LogP contribution in [0.5, 0.6) is 5.75 Å². The molecule has 0 saturated heterocycles. The van der Waals surface area contributed by atoms with Gasteiger partial charge >= 0.3 is 11.3 Å². The number of fused-ring (bicyclic) bond motifs is 3. The average Bonchev–Trinajstić information content (AvgIpc) is 2.82. The molecule has 0 unspecified atom stereocenters. The second kappa shape index (κ2) is 9.66. The summed E-state index contributed by atoms with van der Waals surface area (Å²) in [7, 11) is 0. The van der Waals surface area contributed by atoms with Crippen molar-refractivity contribution in [3.8, 4) is 17.0 Å². The van der Waals surface area contributed by atoms with Crippen LogP contribution in [0, 0.1) is 0 Å². The first-order chi connectivity index (χ1) is 16.3. The molecular weight excluding hydrogens is 672 g/mol. The van der Waals surface area contributed by atoms with E-state index in [1.54, 1.807) is 10.7 Å². The number of para-hydroxylation sites is 1. The van der Waals surface area contributed by atoms with Gasteiger partial charge in [0.25, 0.3) is 6.17 Å². The zero-order valence-electron chi connectivity index (χ0n) is 17.2. The zero-order valence-corrected chi connectivity index (χ0v) is 23.5. The Morgan fingerprint density at radius 3 is 2.62 bits per heavy atom. The first kappa shape index (κ1) is 23.9. The lowest BCUT2D eigenvalue weighted by atomic mass is 10.0. The number of halogens is 4. The minimum atomic E-state index is -0.574. The van der Waals surface area contributed by atoms with Crippen molar-refractivity contribution < 1.29 is 9.79 Å². The molecule has 0 bridgehead atoms. The zero-order chi connectivity index (χ0) is 24.0. The molecule has 0 spiro atoms. The van der Waals surface area contributed by atoms with Crippen molar-refractivity contribution in [1.29, 1.82) is 0 Å². The second-order valence-electron chi connectivity index (χ2n) is 7.44. The molecule has 0 saturated carbocycles. The Balaban J connectivity index is 1.66. The fourth-order valence-electron chi connectivity index (χ4n) is 3.76. The number of thioether (sulfide) groups is 1. The van der Waals surface area contributed by atoms with E-state index in [0.717, 1.165) is 21.3 Å². The molecule has 1 aliphatic rings. The Bertz CT molecular complexity index is 1500. The highest BCUT2D eigenvalue weighted by Crippen LogP contribution is 2.44. The quantitative estimate of drug-likeness (QED) is 0.166. The van der Waals surface area contributed by atoms with Crippen LogP contribution in [0.1, 0.15) is 17.3 Å². The number of aromatic hydroxyl groups is 1. The van der Waals surface area contributed by atoms with Crippen molar-refractivity contribution in [3.05, 3.63) is 94.5 Å². The summed E-state index contributed by atoms with van der Waals surface area (Å²) in [5.74, 6) is 0.600. The van der Waals surface area contributed by atoms with E-state index >= 15 is 0 Å². The summed E-state index contributed by atoms with van der Waals surface area (Å²) in [5, 5.41) is 19.9. The van der Waals surface area contributed by atoms with Crippen LogP contribution < -0.4 is 15.6 Å². The highest BCUT2D eigenvalue weighted by molar-refractivity contribution is 9.11. The number of anilines is 1. The molecule has 4 aromatic rings. The predicted molar refractivity (Wildman–Crippen MR) is 144 cm³/mol. The number of nitrogens with one attached hydrogen (secondary N) is 2. The Morgan fingerprint density at radius 2 is 1.82 bits per heavy atom. The molecule has 1 aliphatic heterocycles. The fourth-order valence-corrected chi connectivity index (χ4v) is 7.45. The predicted octanol–water partition coefficient (Wildman–Crippen LogP) is 6.64. The molecule has 11 heteroatoms. The average molecular weight is 687 g/mol. The molecule has 172 valence electrons. The van der Waals surface area contributed by atoms with Crippen LogP contribution in [0.15, 0.2) is 78.0 Å². The number of benzene rings is 3. The number of nitrogens with zero attached hydrogens (tertiary/aromatic N) is 2. The maximum absolute atomic E-state index is 13.3. The van der Waals surface area contributed by atoms with Crippen LogP contribution in [-0.2, 0) is 5.75 Å². The van der Waals surface area contributed by atoms with Gasteiger partial charge in [0.15, 0.2) is 0 Å². The van der Waals surface area contributed by atoms with E-state index in [1.165, 1.54) is 11.8 Å².